The van der Waals surface area contributed by atoms with Crippen molar-refractivity contribution in [3.8, 4) is 11.5 Å². The van der Waals surface area contributed by atoms with Crippen molar-refractivity contribution in [2.24, 2.45) is 0 Å². The summed E-state index contributed by atoms with van der Waals surface area (Å²) in [5.41, 5.74) is 1.09. The molecular weight excluding hydrogens is 346 g/mol. The molecule has 1 N–H and O–H groups in total. The Hall–Kier alpha value is -2.57. The Balaban J connectivity index is 1.82. The highest BCUT2D eigenvalue weighted by atomic mass is 16.5. The van der Waals surface area contributed by atoms with E-state index in [0.29, 0.717) is 17.9 Å². The number of hydrogen-bond donors (Lipinski definition) is 1. The third kappa shape index (κ3) is 2.67. The van der Waals surface area contributed by atoms with Gasteiger partial charge < -0.3 is 24.2 Å². The Labute approximate surface area is 158 Å². The minimum atomic E-state index is -1.23. The number of rotatable bonds is 3. The number of hydrogen-bond acceptors (Lipinski definition) is 5. The average Bonchev–Trinajstić information content (AvgIpc) is 2.89. The molecule has 27 heavy (non-hydrogen) atoms. The first-order valence-corrected chi connectivity index (χ1v) is 8.95. The van der Waals surface area contributed by atoms with E-state index in [1.54, 1.807) is 26.2 Å². The zero-order valence-electron chi connectivity index (χ0n) is 15.6. The minimum absolute atomic E-state index is 0.176. The SMILES string of the molecule is COc1ccc2c(c1)[C@@]1(C[C@@H](O)C[C@H](c3ccccc3OC)O1)C(=O)N2C. The standard InChI is InChI=1S/C21H23NO5/c1-22-17-9-8-14(25-2)11-16(17)21(20(22)24)12-13(23)10-19(27-21)15-6-4-5-7-18(15)26-3/h4-9,11,13,19,23H,10,12H2,1-3H3/t13-,19+,21-/m0/s1. The van der Waals surface area contributed by atoms with E-state index in [1.165, 1.54) is 0 Å². The van der Waals surface area contributed by atoms with Gasteiger partial charge in [-0.05, 0) is 24.3 Å². The predicted octanol–water partition coefficient (Wildman–Crippen LogP) is 2.79. The highest BCUT2D eigenvalue weighted by Crippen LogP contribution is 2.52. The van der Waals surface area contributed by atoms with Crippen molar-refractivity contribution in [2.75, 3.05) is 26.2 Å². The van der Waals surface area contributed by atoms with Crippen molar-refractivity contribution in [3.05, 3.63) is 53.6 Å². The van der Waals surface area contributed by atoms with Crippen LogP contribution in [0.25, 0.3) is 0 Å². The summed E-state index contributed by atoms with van der Waals surface area (Å²) in [5, 5.41) is 10.7. The Morgan fingerprint density at radius 1 is 1.19 bits per heavy atom. The lowest BCUT2D eigenvalue weighted by Crippen LogP contribution is -2.47. The Morgan fingerprint density at radius 3 is 2.70 bits per heavy atom. The quantitative estimate of drug-likeness (QED) is 0.901. The van der Waals surface area contributed by atoms with Crippen molar-refractivity contribution in [3.63, 3.8) is 0 Å². The fraction of sp³-hybridized carbons (Fsp3) is 0.381. The van der Waals surface area contributed by atoms with E-state index in [-0.39, 0.29) is 12.3 Å². The van der Waals surface area contributed by atoms with Crippen LogP contribution in [0.2, 0.25) is 0 Å². The third-order valence-electron chi connectivity index (χ3n) is 5.49. The van der Waals surface area contributed by atoms with Gasteiger partial charge in [-0.15, -0.1) is 0 Å². The highest BCUT2D eigenvalue weighted by Gasteiger charge is 2.56. The van der Waals surface area contributed by atoms with E-state index >= 15 is 0 Å². The number of methoxy groups -OCH3 is 2. The monoisotopic (exact) mass is 369 g/mol. The number of likely N-dealkylation sites (N-methyl/N-ethyl adjacent to an activating group) is 1. The first kappa shape index (κ1) is 17.8. The third-order valence-corrected chi connectivity index (χ3v) is 5.49. The predicted molar refractivity (Wildman–Crippen MR) is 100 cm³/mol. The number of carbonyl (C=O) groups is 1. The summed E-state index contributed by atoms with van der Waals surface area (Å²) < 4.78 is 17.3. The van der Waals surface area contributed by atoms with E-state index in [1.807, 2.05) is 42.5 Å². The molecular formula is C21H23NO5. The van der Waals surface area contributed by atoms with Gasteiger partial charge in [0.05, 0.1) is 32.1 Å². The Morgan fingerprint density at radius 2 is 1.96 bits per heavy atom. The molecule has 1 fully saturated rings. The maximum Gasteiger partial charge on any atom is 0.263 e. The van der Waals surface area contributed by atoms with Gasteiger partial charge in [0.1, 0.15) is 11.5 Å². The number of para-hydroxylation sites is 1. The molecule has 1 amide bonds. The molecule has 0 aromatic heterocycles. The molecule has 0 bridgehead atoms. The van der Waals surface area contributed by atoms with Gasteiger partial charge in [-0.2, -0.15) is 0 Å². The topological polar surface area (TPSA) is 68.2 Å². The fourth-order valence-corrected chi connectivity index (χ4v) is 4.19. The van der Waals surface area contributed by atoms with Crippen LogP contribution in [0.5, 0.6) is 11.5 Å². The summed E-state index contributed by atoms with van der Waals surface area (Å²) >= 11 is 0. The van der Waals surface area contributed by atoms with E-state index in [9.17, 15) is 9.90 Å². The first-order valence-electron chi connectivity index (χ1n) is 8.95. The average molecular weight is 369 g/mol. The lowest BCUT2D eigenvalue weighted by molar-refractivity contribution is -0.181. The number of carbonyl (C=O) groups excluding carboxylic acids is 1. The zero-order chi connectivity index (χ0) is 19.2. The maximum atomic E-state index is 13.2. The number of benzene rings is 2. The van der Waals surface area contributed by atoms with Crippen LogP contribution in [-0.2, 0) is 15.1 Å². The van der Waals surface area contributed by atoms with E-state index in [4.69, 9.17) is 14.2 Å². The molecule has 6 nitrogen and oxygen atoms in total. The minimum Gasteiger partial charge on any atom is -0.497 e. The number of amides is 1. The van der Waals surface area contributed by atoms with Gasteiger partial charge >= 0.3 is 0 Å². The van der Waals surface area contributed by atoms with Crippen molar-refractivity contribution in [1.29, 1.82) is 0 Å². The molecule has 0 aliphatic carbocycles. The molecule has 0 unspecified atom stereocenters. The molecule has 4 rings (SSSR count). The van der Waals surface area contributed by atoms with Crippen LogP contribution >= 0.6 is 0 Å². The molecule has 1 spiro atoms. The zero-order valence-corrected chi connectivity index (χ0v) is 15.6. The van der Waals surface area contributed by atoms with Gasteiger partial charge in [0, 0.05) is 31.0 Å². The van der Waals surface area contributed by atoms with Crippen molar-refractivity contribution in [1.82, 2.24) is 0 Å². The summed E-state index contributed by atoms with van der Waals surface area (Å²) in [7, 11) is 4.91. The molecule has 3 atom stereocenters. The number of aliphatic hydroxyl groups is 1. The molecule has 2 heterocycles. The number of ether oxygens (including phenoxy) is 3. The van der Waals surface area contributed by atoms with Crippen LogP contribution < -0.4 is 14.4 Å². The summed E-state index contributed by atoms with van der Waals surface area (Å²) in [6.45, 7) is 0. The molecule has 2 aliphatic rings. The first-order chi connectivity index (χ1) is 13.0. The molecule has 6 heteroatoms. The van der Waals surface area contributed by atoms with Crippen LogP contribution in [0.1, 0.15) is 30.1 Å². The molecule has 2 aromatic rings. The van der Waals surface area contributed by atoms with Crippen molar-refractivity contribution >= 4 is 11.6 Å². The fourth-order valence-electron chi connectivity index (χ4n) is 4.19. The summed E-state index contributed by atoms with van der Waals surface area (Å²) in [4.78, 5) is 14.8. The lowest BCUT2D eigenvalue weighted by Gasteiger charge is -2.40. The Kier molecular flexibility index (Phi) is 4.32. The van der Waals surface area contributed by atoms with E-state index < -0.39 is 17.8 Å². The largest absolute Gasteiger partial charge is 0.497 e. The van der Waals surface area contributed by atoms with E-state index in [0.717, 1.165) is 16.8 Å². The van der Waals surface area contributed by atoms with Gasteiger partial charge in [-0.1, -0.05) is 18.2 Å². The summed E-state index contributed by atoms with van der Waals surface area (Å²) in [6, 6.07) is 13.0. The number of anilines is 1. The summed E-state index contributed by atoms with van der Waals surface area (Å²) in [6.07, 6.45) is -0.525. The summed E-state index contributed by atoms with van der Waals surface area (Å²) in [5.74, 6) is 1.15. The highest BCUT2D eigenvalue weighted by molar-refractivity contribution is 6.07. The lowest BCUT2D eigenvalue weighted by atomic mass is 9.83. The smallest absolute Gasteiger partial charge is 0.263 e. The molecule has 0 saturated carbocycles. The number of aliphatic hydroxyl groups excluding tert-OH is 1. The molecule has 0 radical (unpaired) electrons. The van der Waals surface area contributed by atoms with Crippen LogP contribution in [0.15, 0.2) is 42.5 Å². The van der Waals surface area contributed by atoms with Gasteiger partial charge in [-0.25, -0.2) is 0 Å². The van der Waals surface area contributed by atoms with Gasteiger partial charge in [0.25, 0.3) is 5.91 Å². The maximum absolute atomic E-state index is 13.2. The Bertz CT molecular complexity index is 883. The van der Waals surface area contributed by atoms with Crippen molar-refractivity contribution < 1.29 is 24.1 Å². The second-order valence-electron chi connectivity index (χ2n) is 7.02. The molecule has 2 aliphatic heterocycles. The molecule has 142 valence electrons. The van der Waals surface area contributed by atoms with Crippen molar-refractivity contribution in [2.45, 2.75) is 30.7 Å². The molecule has 1 saturated heterocycles. The molecule has 2 aromatic carbocycles. The van der Waals surface area contributed by atoms with Gasteiger partial charge in [0.2, 0.25) is 0 Å². The second-order valence-corrected chi connectivity index (χ2v) is 7.02. The van der Waals surface area contributed by atoms with Crippen LogP contribution in [0.3, 0.4) is 0 Å². The van der Waals surface area contributed by atoms with Crippen LogP contribution in [0, 0.1) is 0 Å². The normalized spacial score (nSPS) is 27.0. The number of fused-ring (bicyclic) bond motifs is 2. The number of nitrogens with zero attached hydrogens (tertiary/aromatic N) is 1. The second kappa shape index (κ2) is 6.55. The van der Waals surface area contributed by atoms with Gasteiger partial charge in [0.15, 0.2) is 5.60 Å². The van der Waals surface area contributed by atoms with Crippen LogP contribution in [0.4, 0.5) is 5.69 Å². The van der Waals surface area contributed by atoms with E-state index in [2.05, 4.69) is 0 Å². The van der Waals surface area contributed by atoms with Crippen LogP contribution in [-0.4, -0.2) is 38.4 Å². The van der Waals surface area contributed by atoms with Gasteiger partial charge in [-0.3, -0.25) is 4.79 Å².